The summed E-state index contributed by atoms with van der Waals surface area (Å²) < 4.78 is 5.96. The van der Waals surface area contributed by atoms with E-state index in [-0.39, 0.29) is 13.2 Å². The van der Waals surface area contributed by atoms with Gasteiger partial charge in [0.2, 0.25) is 0 Å². The molecule has 2 aromatic rings. The van der Waals surface area contributed by atoms with E-state index < -0.39 is 0 Å². The largest absolute Gasteiger partial charge is 0.487 e. The molecule has 23 heavy (non-hydrogen) atoms. The Morgan fingerprint density at radius 1 is 1.30 bits per heavy atom. The van der Waals surface area contributed by atoms with E-state index in [1.54, 1.807) is 6.20 Å². The number of ether oxygens (including phenoxy) is 1. The van der Waals surface area contributed by atoms with Crippen molar-refractivity contribution in [2.45, 2.75) is 32.9 Å². The molecule has 0 atom stereocenters. The van der Waals surface area contributed by atoms with Crippen LogP contribution in [-0.4, -0.2) is 16.7 Å². The fourth-order valence-electron chi connectivity index (χ4n) is 2.36. The van der Waals surface area contributed by atoms with E-state index in [9.17, 15) is 0 Å². The van der Waals surface area contributed by atoms with Gasteiger partial charge in [-0.05, 0) is 36.4 Å². The molecule has 0 radical (unpaired) electrons. The van der Waals surface area contributed by atoms with Crippen molar-refractivity contribution in [3.05, 3.63) is 69.4 Å². The van der Waals surface area contributed by atoms with Gasteiger partial charge in [-0.2, -0.15) is 0 Å². The fraction of sp³-hybridized carbons (Fsp3) is 0.353. The number of aryl methyl sites for hydroxylation is 2. The Morgan fingerprint density at radius 2 is 2.09 bits per heavy atom. The quantitative estimate of drug-likeness (QED) is 0.457. The van der Waals surface area contributed by atoms with Crippen molar-refractivity contribution >= 4 is 0 Å². The van der Waals surface area contributed by atoms with Crippen LogP contribution in [0.4, 0.5) is 0 Å². The van der Waals surface area contributed by atoms with Crippen molar-refractivity contribution < 1.29 is 9.84 Å². The summed E-state index contributed by atoms with van der Waals surface area (Å²) in [6.45, 7) is 2.62. The molecule has 0 aliphatic carbocycles. The molecule has 120 valence electrons. The molecule has 1 heterocycles. The van der Waals surface area contributed by atoms with E-state index in [1.807, 2.05) is 37.3 Å². The maximum Gasteiger partial charge on any atom is 0.144 e. The first-order chi connectivity index (χ1) is 11.3. The fourth-order valence-corrected chi connectivity index (χ4v) is 2.36. The van der Waals surface area contributed by atoms with E-state index in [0.717, 1.165) is 22.4 Å². The SMILES string of the molecule is Cc1ncc(CCCO)c(CN=[N+]=[N-])c1OCc1ccccc1. The molecule has 0 spiro atoms. The lowest BCUT2D eigenvalue weighted by molar-refractivity contribution is 0.287. The Kier molecular flexibility index (Phi) is 6.41. The van der Waals surface area contributed by atoms with Gasteiger partial charge >= 0.3 is 0 Å². The van der Waals surface area contributed by atoms with Crippen molar-refractivity contribution in [3.63, 3.8) is 0 Å². The monoisotopic (exact) mass is 312 g/mol. The van der Waals surface area contributed by atoms with Crippen molar-refractivity contribution in [3.8, 4) is 5.75 Å². The van der Waals surface area contributed by atoms with Crippen molar-refractivity contribution in [2.75, 3.05) is 6.61 Å². The third-order valence-electron chi connectivity index (χ3n) is 3.53. The number of hydrogen-bond donors (Lipinski definition) is 1. The first-order valence-electron chi connectivity index (χ1n) is 7.52. The maximum absolute atomic E-state index is 9.04. The first kappa shape index (κ1) is 16.8. The molecule has 6 heteroatoms. The van der Waals surface area contributed by atoms with Crippen LogP contribution in [0.5, 0.6) is 5.75 Å². The van der Waals surface area contributed by atoms with Crippen molar-refractivity contribution in [1.29, 1.82) is 0 Å². The van der Waals surface area contributed by atoms with Crippen LogP contribution in [0.3, 0.4) is 0 Å². The lowest BCUT2D eigenvalue weighted by Gasteiger charge is -2.16. The van der Waals surface area contributed by atoms with Gasteiger partial charge in [0.25, 0.3) is 0 Å². The van der Waals surface area contributed by atoms with E-state index in [1.165, 1.54) is 0 Å². The summed E-state index contributed by atoms with van der Waals surface area (Å²) in [5.41, 5.74) is 12.2. The molecular formula is C17H20N4O2. The minimum Gasteiger partial charge on any atom is -0.487 e. The van der Waals surface area contributed by atoms with Crippen LogP contribution in [0.15, 0.2) is 41.6 Å². The number of aliphatic hydroxyl groups excluding tert-OH is 1. The average molecular weight is 312 g/mol. The van der Waals surface area contributed by atoms with Crippen LogP contribution in [0, 0.1) is 6.92 Å². The van der Waals surface area contributed by atoms with Gasteiger partial charge in [0.05, 0.1) is 12.2 Å². The van der Waals surface area contributed by atoms with Crippen LogP contribution in [0.2, 0.25) is 0 Å². The zero-order chi connectivity index (χ0) is 16.5. The molecule has 1 aromatic heterocycles. The minimum atomic E-state index is 0.106. The van der Waals surface area contributed by atoms with Gasteiger partial charge in [0.1, 0.15) is 12.4 Å². The summed E-state index contributed by atoms with van der Waals surface area (Å²) in [6, 6.07) is 9.86. The van der Waals surface area contributed by atoms with E-state index in [2.05, 4.69) is 15.0 Å². The molecule has 0 aliphatic heterocycles. The van der Waals surface area contributed by atoms with Crippen LogP contribution < -0.4 is 4.74 Å². The number of hydrogen-bond acceptors (Lipinski definition) is 4. The third-order valence-corrected chi connectivity index (χ3v) is 3.53. The van der Waals surface area contributed by atoms with Gasteiger partial charge in [-0.25, -0.2) is 0 Å². The van der Waals surface area contributed by atoms with Crippen LogP contribution in [0.1, 0.15) is 28.8 Å². The number of aromatic nitrogens is 1. The predicted octanol–water partition coefficient (Wildman–Crippen LogP) is 3.70. The zero-order valence-corrected chi connectivity index (χ0v) is 13.1. The zero-order valence-electron chi connectivity index (χ0n) is 13.1. The van der Waals surface area contributed by atoms with Gasteiger partial charge in [0.15, 0.2) is 0 Å². The van der Waals surface area contributed by atoms with Crippen molar-refractivity contribution in [1.82, 2.24) is 4.98 Å². The van der Waals surface area contributed by atoms with E-state index >= 15 is 0 Å². The predicted molar refractivity (Wildman–Crippen MR) is 88.0 cm³/mol. The lowest BCUT2D eigenvalue weighted by atomic mass is 10.0. The first-order valence-corrected chi connectivity index (χ1v) is 7.52. The minimum absolute atomic E-state index is 0.106. The topological polar surface area (TPSA) is 91.1 Å². The lowest BCUT2D eigenvalue weighted by Crippen LogP contribution is -2.06. The number of benzene rings is 1. The molecule has 1 N–H and O–H groups in total. The summed E-state index contributed by atoms with van der Waals surface area (Å²) in [6.07, 6.45) is 3.07. The van der Waals surface area contributed by atoms with E-state index in [4.69, 9.17) is 15.4 Å². The highest BCUT2D eigenvalue weighted by atomic mass is 16.5. The Morgan fingerprint density at radius 3 is 2.78 bits per heavy atom. The smallest absolute Gasteiger partial charge is 0.144 e. The molecular weight excluding hydrogens is 292 g/mol. The van der Waals surface area contributed by atoms with Gasteiger partial charge < -0.3 is 9.84 Å². The molecule has 0 bridgehead atoms. The molecule has 0 amide bonds. The second-order valence-corrected chi connectivity index (χ2v) is 5.17. The summed E-state index contributed by atoms with van der Waals surface area (Å²) in [5, 5.41) is 12.7. The van der Waals surface area contributed by atoms with Crippen LogP contribution in [-0.2, 0) is 19.6 Å². The number of rotatable bonds is 8. The number of pyridine rings is 1. The molecule has 0 fully saturated rings. The standard InChI is InChI=1S/C17H20N4O2/c1-13-17(23-12-14-6-3-2-4-7-14)16(11-20-21-18)15(10-19-13)8-5-9-22/h2-4,6-7,10,22H,5,8-9,11-12H2,1H3. The normalized spacial score (nSPS) is 10.2. The Bertz CT molecular complexity index is 682. The second kappa shape index (κ2) is 8.78. The van der Waals surface area contributed by atoms with Crippen LogP contribution in [0.25, 0.3) is 10.4 Å². The van der Waals surface area contributed by atoms with Crippen molar-refractivity contribution in [2.24, 2.45) is 5.11 Å². The Balaban J connectivity index is 2.28. The number of azide groups is 1. The Labute approximate surface area is 135 Å². The average Bonchev–Trinajstić information content (AvgIpc) is 2.59. The van der Waals surface area contributed by atoms with Gasteiger partial charge in [0, 0.05) is 23.3 Å². The summed E-state index contributed by atoms with van der Waals surface area (Å²) >= 11 is 0. The second-order valence-electron chi connectivity index (χ2n) is 5.17. The molecule has 0 unspecified atom stereocenters. The molecule has 6 nitrogen and oxygen atoms in total. The summed E-state index contributed by atoms with van der Waals surface area (Å²) in [7, 11) is 0. The molecule has 0 aliphatic rings. The summed E-state index contributed by atoms with van der Waals surface area (Å²) in [4.78, 5) is 7.21. The highest BCUT2D eigenvalue weighted by Gasteiger charge is 2.13. The van der Waals surface area contributed by atoms with Gasteiger partial charge in [-0.1, -0.05) is 35.4 Å². The molecule has 1 aromatic carbocycles. The van der Waals surface area contributed by atoms with Gasteiger partial charge in [-0.3, -0.25) is 4.98 Å². The van der Waals surface area contributed by atoms with E-state index in [0.29, 0.717) is 25.2 Å². The highest BCUT2D eigenvalue weighted by molar-refractivity contribution is 5.42. The molecule has 2 rings (SSSR count). The Hall–Kier alpha value is -2.56. The maximum atomic E-state index is 9.04. The molecule has 0 saturated heterocycles. The van der Waals surface area contributed by atoms with Gasteiger partial charge in [-0.15, -0.1) is 0 Å². The highest BCUT2D eigenvalue weighted by Crippen LogP contribution is 2.28. The number of aliphatic hydroxyl groups is 1. The molecule has 0 saturated carbocycles. The third kappa shape index (κ3) is 4.71. The van der Waals surface area contributed by atoms with Crippen LogP contribution >= 0.6 is 0 Å². The summed E-state index contributed by atoms with van der Waals surface area (Å²) in [5.74, 6) is 0.664. The number of nitrogens with zero attached hydrogens (tertiary/aromatic N) is 4.